The number of rotatable bonds is 6. The molecule has 0 aliphatic carbocycles. The molecule has 1 N–H and O–H groups in total. The SMILES string of the molecule is CCc1nc2cc3c(cc2n1COCC[Si](C)(C)C)NC(=O)C3(C)C. The third-order valence-corrected chi connectivity index (χ3v) is 6.69. The van der Waals surface area contributed by atoms with E-state index in [1.54, 1.807) is 0 Å². The lowest BCUT2D eigenvalue weighted by Crippen LogP contribution is -2.26. The molecule has 1 amide bonds. The van der Waals surface area contributed by atoms with E-state index >= 15 is 0 Å². The molecule has 25 heavy (non-hydrogen) atoms. The van der Waals surface area contributed by atoms with E-state index in [2.05, 4.69) is 42.5 Å². The molecular weight excluding hydrogens is 330 g/mol. The number of imidazole rings is 1. The van der Waals surface area contributed by atoms with E-state index < -0.39 is 13.5 Å². The number of aryl methyl sites for hydroxylation is 1. The predicted octanol–water partition coefficient (Wildman–Crippen LogP) is 4.14. The average molecular weight is 360 g/mol. The fraction of sp³-hybridized carbons (Fsp3) is 0.579. The first kappa shape index (κ1) is 18.1. The lowest BCUT2D eigenvalue weighted by Gasteiger charge is -2.16. The third kappa shape index (κ3) is 3.37. The molecule has 1 aliphatic rings. The van der Waals surface area contributed by atoms with Crippen molar-refractivity contribution in [1.82, 2.24) is 9.55 Å². The zero-order valence-electron chi connectivity index (χ0n) is 16.2. The number of fused-ring (bicyclic) bond motifs is 2. The molecule has 1 aromatic carbocycles. The van der Waals surface area contributed by atoms with Crippen molar-refractivity contribution in [2.75, 3.05) is 11.9 Å². The first-order chi connectivity index (χ1) is 11.6. The number of benzene rings is 1. The van der Waals surface area contributed by atoms with E-state index in [1.165, 1.54) is 0 Å². The molecule has 0 radical (unpaired) electrons. The Labute approximate surface area is 150 Å². The van der Waals surface area contributed by atoms with E-state index in [1.807, 2.05) is 19.9 Å². The topological polar surface area (TPSA) is 56.1 Å². The number of amides is 1. The Morgan fingerprint density at radius 1 is 1.28 bits per heavy atom. The number of aromatic nitrogens is 2. The van der Waals surface area contributed by atoms with Gasteiger partial charge in [-0.05, 0) is 37.6 Å². The summed E-state index contributed by atoms with van der Waals surface area (Å²) >= 11 is 0. The highest BCUT2D eigenvalue weighted by molar-refractivity contribution is 6.76. The summed E-state index contributed by atoms with van der Waals surface area (Å²) in [6, 6.07) is 5.26. The Bertz CT molecular complexity index is 818. The molecule has 0 bridgehead atoms. The van der Waals surface area contributed by atoms with Crippen molar-refractivity contribution in [3.8, 4) is 0 Å². The second-order valence-electron chi connectivity index (χ2n) is 8.62. The minimum atomic E-state index is -1.09. The van der Waals surface area contributed by atoms with Crippen molar-refractivity contribution < 1.29 is 9.53 Å². The highest BCUT2D eigenvalue weighted by Gasteiger charge is 2.39. The third-order valence-electron chi connectivity index (χ3n) is 4.99. The maximum absolute atomic E-state index is 12.2. The van der Waals surface area contributed by atoms with Gasteiger partial charge in [0.25, 0.3) is 0 Å². The summed E-state index contributed by atoms with van der Waals surface area (Å²) in [4.78, 5) is 17.0. The second-order valence-corrected chi connectivity index (χ2v) is 14.2. The van der Waals surface area contributed by atoms with Gasteiger partial charge in [0.05, 0.1) is 16.4 Å². The summed E-state index contributed by atoms with van der Waals surface area (Å²) in [5.74, 6) is 1.07. The molecule has 136 valence electrons. The maximum atomic E-state index is 12.2. The summed E-state index contributed by atoms with van der Waals surface area (Å²) in [7, 11) is -1.09. The van der Waals surface area contributed by atoms with Gasteiger partial charge in [0, 0.05) is 26.8 Å². The summed E-state index contributed by atoms with van der Waals surface area (Å²) in [5, 5.41) is 3.01. The van der Waals surface area contributed by atoms with Crippen molar-refractivity contribution in [3.05, 3.63) is 23.5 Å². The second kappa shape index (κ2) is 6.25. The van der Waals surface area contributed by atoms with Crippen molar-refractivity contribution in [1.29, 1.82) is 0 Å². The molecule has 6 heteroatoms. The monoisotopic (exact) mass is 359 g/mol. The smallest absolute Gasteiger partial charge is 0.234 e. The van der Waals surface area contributed by atoms with Crippen LogP contribution in [0.2, 0.25) is 25.7 Å². The minimum Gasteiger partial charge on any atom is -0.361 e. The molecule has 0 saturated carbocycles. The van der Waals surface area contributed by atoms with Gasteiger partial charge >= 0.3 is 0 Å². The first-order valence-corrected chi connectivity index (χ1v) is 12.8. The standard InChI is InChI=1S/C19H29N3O2Si/c1-7-17-20-15-10-13-14(21-18(23)19(13,2)3)11-16(15)22(17)12-24-8-9-25(4,5)6/h10-11H,7-9,12H2,1-6H3,(H,21,23). The van der Waals surface area contributed by atoms with Gasteiger partial charge in [-0.1, -0.05) is 26.6 Å². The molecule has 1 aliphatic heterocycles. The molecule has 0 fully saturated rings. The maximum Gasteiger partial charge on any atom is 0.234 e. The van der Waals surface area contributed by atoms with Crippen LogP contribution < -0.4 is 5.32 Å². The number of carbonyl (C=O) groups is 1. The van der Waals surface area contributed by atoms with Crippen LogP contribution in [0.1, 0.15) is 32.2 Å². The Morgan fingerprint density at radius 3 is 2.64 bits per heavy atom. The fourth-order valence-electron chi connectivity index (χ4n) is 3.19. The molecule has 2 heterocycles. The van der Waals surface area contributed by atoms with Crippen LogP contribution in [0.15, 0.2) is 12.1 Å². The summed E-state index contributed by atoms with van der Waals surface area (Å²) < 4.78 is 8.09. The van der Waals surface area contributed by atoms with E-state index in [-0.39, 0.29) is 5.91 Å². The van der Waals surface area contributed by atoms with Gasteiger partial charge in [-0.3, -0.25) is 4.79 Å². The Kier molecular flexibility index (Phi) is 4.53. The lowest BCUT2D eigenvalue weighted by molar-refractivity contribution is -0.119. The van der Waals surface area contributed by atoms with Gasteiger partial charge in [-0.25, -0.2) is 4.98 Å². The van der Waals surface area contributed by atoms with Crippen LogP contribution >= 0.6 is 0 Å². The quantitative estimate of drug-likeness (QED) is 0.623. The number of anilines is 1. The fourth-order valence-corrected chi connectivity index (χ4v) is 3.95. The highest BCUT2D eigenvalue weighted by Crippen LogP contribution is 2.39. The molecule has 3 rings (SSSR count). The number of nitrogens with one attached hydrogen (secondary N) is 1. The van der Waals surface area contributed by atoms with Gasteiger partial charge in [-0.2, -0.15) is 0 Å². The van der Waals surface area contributed by atoms with E-state index in [0.29, 0.717) is 6.73 Å². The van der Waals surface area contributed by atoms with Crippen LogP contribution in [0.5, 0.6) is 0 Å². The van der Waals surface area contributed by atoms with Crippen molar-refractivity contribution >= 4 is 30.7 Å². The van der Waals surface area contributed by atoms with E-state index in [4.69, 9.17) is 9.72 Å². The molecule has 1 aromatic heterocycles. The molecule has 0 saturated heterocycles. The van der Waals surface area contributed by atoms with E-state index in [9.17, 15) is 4.79 Å². The number of ether oxygens (including phenoxy) is 1. The number of hydrogen-bond acceptors (Lipinski definition) is 3. The van der Waals surface area contributed by atoms with Crippen LogP contribution in [0.4, 0.5) is 5.69 Å². The zero-order chi connectivity index (χ0) is 18.4. The van der Waals surface area contributed by atoms with Gasteiger partial charge < -0.3 is 14.6 Å². The molecular formula is C19H29N3O2Si. The minimum absolute atomic E-state index is 0.0452. The summed E-state index contributed by atoms with van der Waals surface area (Å²) in [6.07, 6.45) is 0.854. The Hall–Kier alpha value is -1.66. The van der Waals surface area contributed by atoms with E-state index in [0.717, 1.165) is 47.2 Å². The zero-order valence-corrected chi connectivity index (χ0v) is 17.2. The van der Waals surface area contributed by atoms with Gasteiger partial charge in [0.2, 0.25) is 5.91 Å². The predicted molar refractivity (Wildman–Crippen MR) is 105 cm³/mol. The number of carbonyl (C=O) groups excluding carboxylic acids is 1. The normalized spacial score (nSPS) is 16.3. The highest BCUT2D eigenvalue weighted by atomic mass is 28.3. The van der Waals surface area contributed by atoms with Crippen LogP contribution in [0.3, 0.4) is 0 Å². The molecule has 0 unspecified atom stereocenters. The lowest BCUT2D eigenvalue weighted by atomic mass is 9.86. The first-order valence-electron chi connectivity index (χ1n) is 9.06. The van der Waals surface area contributed by atoms with Gasteiger partial charge in [0.1, 0.15) is 12.6 Å². The average Bonchev–Trinajstić information content (AvgIpc) is 2.96. The molecule has 0 spiro atoms. The number of hydrogen-bond donors (Lipinski definition) is 1. The molecule has 0 atom stereocenters. The summed E-state index contributed by atoms with van der Waals surface area (Å²) in [5.41, 5.74) is 3.38. The number of nitrogens with zero attached hydrogens (tertiary/aromatic N) is 2. The van der Waals surface area contributed by atoms with Gasteiger partial charge in [-0.15, -0.1) is 0 Å². The van der Waals surface area contributed by atoms with Gasteiger partial charge in [0.15, 0.2) is 0 Å². The van der Waals surface area contributed by atoms with Crippen LogP contribution in [0, 0.1) is 0 Å². The Balaban J connectivity index is 1.91. The van der Waals surface area contributed by atoms with Crippen LogP contribution in [-0.4, -0.2) is 30.1 Å². The van der Waals surface area contributed by atoms with Crippen molar-refractivity contribution in [2.45, 2.75) is 65.0 Å². The molecule has 2 aromatic rings. The largest absolute Gasteiger partial charge is 0.361 e. The van der Waals surface area contributed by atoms with Crippen LogP contribution in [-0.2, 0) is 28.1 Å². The van der Waals surface area contributed by atoms with Crippen LogP contribution in [0.25, 0.3) is 11.0 Å². The van der Waals surface area contributed by atoms with Crippen molar-refractivity contribution in [3.63, 3.8) is 0 Å². The molecule has 5 nitrogen and oxygen atoms in total. The van der Waals surface area contributed by atoms with Crippen molar-refractivity contribution in [2.24, 2.45) is 0 Å². The Morgan fingerprint density at radius 2 is 2.00 bits per heavy atom. The summed E-state index contributed by atoms with van der Waals surface area (Å²) in [6.45, 7) is 14.4.